The van der Waals surface area contributed by atoms with Gasteiger partial charge in [0.05, 0.1) is 6.04 Å². The van der Waals surface area contributed by atoms with Crippen molar-refractivity contribution in [2.45, 2.75) is 25.9 Å². The molecule has 2 aromatic rings. The number of amides is 1. The van der Waals surface area contributed by atoms with E-state index in [0.29, 0.717) is 13.0 Å². The van der Waals surface area contributed by atoms with Crippen LogP contribution in [0.4, 0.5) is 0 Å². The SMILES string of the molecule is CC[C@H](N)C(=O)NCc1ccn2ccnc2c1. The minimum absolute atomic E-state index is 0.115. The van der Waals surface area contributed by atoms with Gasteiger partial charge in [-0.05, 0) is 24.1 Å². The molecule has 0 aliphatic heterocycles. The number of nitrogens with two attached hydrogens (primary N) is 1. The summed E-state index contributed by atoms with van der Waals surface area (Å²) in [5.41, 5.74) is 7.51. The van der Waals surface area contributed by atoms with Gasteiger partial charge < -0.3 is 15.5 Å². The Morgan fingerprint density at radius 3 is 3.18 bits per heavy atom. The number of rotatable bonds is 4. The van der Waals surface area contributed by atoms with Crippen molar-refractivity contribution in [3.8, 4) is 0 Å². The summed E-state index contributed by atoms with van der Waals surface area (Å²) >= 11 is 0. The average molecular weight is 232 g/mol. The molecule has 0 bridgehead atoms. The quantitative estimate of drug-likeness (QED) is 0.814. The Morgan fingerprint density at radius 1 is 1.59 bits per heavy atom. The molecule has 2 heterocycles. The van der Waals surface area contributed by atoms with Gasteiger partial charge in [0.15, 0.2) is 0 Å². The zero-order chi connectivity index (χ0) is 12.3. The van der Waals surface area contributed by atoms with E-state index in [1.807, 2.05) is 35.9 Å². The monoisotopic (exact) mass is 232 g/mol. The lowest BCUT2D eigenvalue weighted by Gasteiger charge is -2.10. The molecule has 0 aliphatic carbocycles. The summed E-state index contributed by atoms with van der Waals surface area (Å²) in [6.45, 7) is 2.37. The molecule has 0 saturated heterocycles. The zero-order valence-electron chi connectivity index (χ0n) is 9.76. The first-order chi connectivity index (χ1) is 8.20. The van der Waals surface area contributed by atoms with Crippen LogP contribution in [0, 0.1) is 0 Å². The summed E-state index contributed by atoms with van der Waals surface area (Å²) in [7, 11) is 0. The largest absolute Gasteiger partial charge is 0.351 e. The fraction of sp³-hybridized carbons (Fsp3) is 0.333. The van der Waals surface area contributed by atoms with Gasteiger partial charge in [-0.3, -0.25) is 4.79 Å². The Bertz CT molecular complexity index is 520. The van der Waals surface area contributed by atoms with E-state index in [-0.39, 0.29) is 5.91 Å². The van der Waals surface area contributed by atoms with Gasteiger partial charge in [-0.15, -0.1) is 0 Å². The molecule has 3 N–H and O–H groups in total. The molecule has 5 nitrogen and oxygen atoms in total. The number of carbonyl (C=O) groups is 1. The summed E-state index contributed by atoms with van der Waals surface area (Å²) in [6, 6.07) is 3.47. The maximum atomic E-state index is 11.5. The maximum Gasteiger partial charge on any atom is 0.237 e. The topological polar surface area (TPSA) is 72.4 Å². The highest BCUT2D eigenvalue weighted by Crippen LogP contribution is 2.05. The second-order valence-corrected chi connectivity index (χ2v) is 3.96. The van der Waals surface area contributed by atoms with E-state index in [9.17, 15) is 4.79 Å². The summed E-state index contributed by atoms with van der Waals surface area (Å²) in [5, 5.41) is 2.81. The predicted molar refractivity (Wildman–Crippen MR) is 65.3 cm³/mol. The Kier molecular flexibility index (Phi) is 3.39. The fourth-order valence-electron chi connectivity index (χ4n) is 1.57. The average Bonchev–Trinajstić information content (AvgIpc) is 2.82. The van der Waals surface area contributed by atoms with Crippen molar-refractivity contribution < 1.29 is 4.79 Å². The van der Waals surface area contributed by atoms with Crippen LogP contribution < -0.4 is 11.1 Å². The van der Waals surface area contributed by atoms with Gasteiger partial charge in [-0.25, -0.2) is 4.98 Å². The molecule has 1 amide bonds. The molecule has 90 valence electrons. The fourth-order valence-corrected chi connectivity index (χ4v) is 1.57. The van der Waals surface area contributed by atoms with E-state index < -0.39 is 6.04 Å². The van der Waals surface area contributed by atoms with Crippen molar-refractivity contribution in [3.63, 3.8) is 0 Å². The van der Waals surface area contributed by atoms with Crippen molar-refractivity contribution in [3.05, 3.63) is 36.3 Å². The highest BCUT2D eigenvalue weighted by Gasteiger charge is 2.09. The standard InChI is InChI=1S/C12H16N4O/c1-2-10(13)12(17)15-8-9-3-5-16-6-4-14-11(16)7-9/h3-7,10H,2,8,13H2,1H3,(H,15,17)/t10-/m0/s1. The number of nitrogens with zero attached hydrogens (tertiary/aromatic N) is 2. The third kappa shape index (κ3) is 2.62. The van der Waals surface area contributed by atoms with Crippen molar-refractivity contribution in [2.24, 2.45) is 5.73 Å². The Labute approximate surface area is 99.6 Å². The Morgan fingerprint density at radius 2 is 2.41 bits per heavy atom. The number of hydrogen-bond acceptors (Lipinski definition) is 3. The lowest BCUT2D eigenvalue weighted by atomic mass is 10.2. The highest BCUT2D eigenvalue weighted by atomic mass is 16.2. The first-order valence-corrected chi connectivity index (χ1v) is 5.65. The molecule has 0 fully saturated rings. The predicted octanol–water partition coefficient (Wildman–Crippen LogP) is 0.688. The minimum atomic E-state index is -0.426. The number of nitrogens with one attached hydrogen (secondary N) is 1. The second kappa shape index (κ2) is 4.97. The smallest absolute Gasteiger partial charge is 0.237 e. The van der Waals surface area contributed by atoms with E-state index in [1.165, 1.54) is 0 Å². The van der Waals surface area contributed by atoms with Gasteiger partial charge in [0.25, 0.3) is 0 Å². The number of pyridine rings is 1. The van der Waals surface area contributed by atoms with Crippen LogP contribution in [0.5, 0.6) is 0 Å². The molecular formula is C12H16N4O. The van der Waals surface area contributed by atoms with Gasteiger partial charge >= 0.3 is 0 Å². The zero-order valence-corrected chi connectivity index (χ0v) is 9.76. The van der Waals surface area contributed by atoms with E-state index in [0.717, 1.165) is 11.2 Å². The van der Waals surface area contributed by atoms with Crippen molar-refractivity contribution >= 4 is 11.6 Å². The number of hydrogen-bond donors (Lipinski definition) is 2. The third-order valence-corrected chi connectivity index (χ3v) is 2.71. The molecule has 0 saturated carbocycles. The minimum Gasteiger partial charge on any atom is -0.351 e. The number of imidazole rings is 1. The van der Waals surface area contributed by atoms with Crippen LogP contribution in [-0.2, 0) is 11.3 Å². The molecule has 0 aliphatic rings. The molecule has 1 atom stereocenters. The lowest BCUT2D eigenvalue weighted by molar-refractivity contribution is -0.122. The second-order valence-electron chi connectivity index (χ2n) is 3.96. The van der Waals surface area contributed by atoms with Crippen LogP contribution in [0.2, 0.25) is 0 Å². The molecule has 0 spiro atoms. The van der Waals surface area contributed by atoms with Crippen molar-refractivity contribution in [1.29, 1.82) is 0 Å². The molecule has 0 radical (unpaired) electrons. The van der Waals surface area contributed by atoms with Crippen LogP contribution in [0.25, 0.3) is 5.65 Å². The van der Waals surface area contributed by atoms with Gasteiger partial charge in [0.1, 0.15) is 5.65 Å². The van der Waals surface area contributed by atoms with Gasteiger partial charge in [0, 0.05) is 25.1 Å². The van der Waals surface area contributed by atoms with Crippen molar-refractivity contribution in [1.82, 2.24) is 14.7 Å². The number of carbonyl (C=O) groups excluding carboxylic acids is 1. The molecule has 2 rings (SSSR count). The van der Waals surface area contributed by atoms with Crippen LogP contribution in [0.3, 0.4) is 0 Å². The molecule has 17 heavy (non-hydrogen) atoms. The molecule has 0 aromatic carbocycles. The normalized spacial score (nSPS) is 12.6. The first kappa shape index (κ1) is 11.6. The highest BCUT2D eigenvalue weighted by molar-refractivity contribution is 5.81. The lowest BCUT2D eigenvalue weighted by Crippen LogP contribution is -2.39. The maximum absolute atomic E-state index is 11.5. The Balaban J connectivity index is 2.01. The summed E-state index contributed by atoms with van der Waals surface area (Å²) in [6.07, 6.45) is 6.18. The molecule has 5 heteroatoms. The molecular weight excluding hydrogens is 216 g/mol. The van der Waals surface area contributed by atoms with Crippen LogP contribution >= 0.6 is 0 Å². The van der Waals surface area contributed by atoms with Crippen LogP contribution in [0.1, 0.15) is 18.9 Å². The molecule has 0 unspecified atom stereocenters. The van der Waals surface area contributed by atoms with Gasteiger partial charge in [-0.1, -0.05) is 6.92 Å². The van der Waals surface area contributed by atoms with Gasteiger partial charge in [-0.2, -0.15) is 0 Å². The number of fused-ring (bicyclic) bond motifs is 1. The first-order valence-electron chi connectivity index (χ1n) is 5.65. The molecule has 2 aromatic heterocycles. The van der Waals surface area contributed by atoms with E-state index in [1.54, 1.807) is 6.20 Å². The van der Waals surface area contributed by atoms with E-state index >= 15 is 0 Å². The van der Waals surface area contributed by atoms with Crippen LogP contribution in [0.15, 0.2) is 30.7 Å². The third-order valence-electron chi connectivity index (χ3n) is 2.71. The van der Waals surface area contributed by atoms with Crippen LogP contribution in [-0.4, -0.2) is 21.3 Å². The summed E-state index contributed by atoms with van der Waals surface area (Å²) in [5.74, 6) is -0.115. The van der Waals surface area contributed by atoms with Gasteiger partial charge in [0.2, 0.25) is 5.91 Å². The van der Waals surface area contributed by atoms with E-state index in [4.69, 9.17) is 5.73 Å². The van der Waals surface area contributed by atoms with E-state index in [2.05, 4.69) is 10.3 Å². The summed E-state index contributed by atoms with van der Waals surface area (Å²) < 4.78 is 1.92. The van der Waals surface area contributed by atoms with Crippen molar-refractivity contribution in [2.75, 3.05) is 0 Å². The summed E-state index contributed by atoms with van der Waals surface area (Å²) in [4.78, 5) is 15.7. The Hall–Kier alpha value is -1.88. The number of aromatic nitrogens is 2.